The fourth-order valence-corrected chi connectivity index (χ4v) is 1.89. The third kappa shape index (κ3) is 3.13. The lowest BCUT2D eigenvalue weighted by Gasteiger charge is -2.14. The molecule has 0 saturated heterocycles. The molecule has 3 heteroatoms. The van der Waals surface area contributed by atoms with Crippen molar-refractivity contribution in [1.29, 1.82) is 0 Å². The SMILES string of the molecule is Cc1ccc(C(=O)N[C@@H](C)c2ccccc2)cc1N. The number of hydrogen-bond acceptors (Lipinski definition) is 2. The number of hydrogen-bond donors (Lipinski definition) is 2. The maximum absolute atomic E-state index is 12.1. The first-order valence-electron chi connectivity index (χ1n) is 6.30. The van der Waals surface area contributed by atoms with Gasteiger partial charge in [-0.25, -0.2) is 0 Å². The maximum Gasteiger partial charge on any atom is 0.251 e. The first-order chi connectivity index (χ1) is 9.08. The van der Waals surface area contributed by atoms with Gasteiger partial charge >= 0.3 is 0 Å². The van der Waals surface area contributed by atoms with Crippen LogP contribution in [-0.4, -0.2) is 5.91 Å². The minimum Gasteiger partial charge on any atom is -0.398 e. The molecule has 1 atom stereocenters. The summed E-state index contributed by atoms with van der Waals surface area (Å²) in [6.45, 7) is 3.88. The first kappa shape index (κ1) is 13.1. The number of carbonyl (C=O) groups excluding carboxylic acids is 1. The molecule has 0 fully saturated rings. The van der Waals surface area contributed by atoms with E-state index in [0.717, 1.165) is 11.1 Å². The fraction of sp³-hybridized carbons (Fsp3) is 0.188. The van der Waals surface area contributed by atoms with Gasteiger partial charge in [-0.05, 0) is 37.1 Å². The summed E-state index contributed by atoms with van der Waals surface area (Å²) >= 11 is 0. The van der Waals surface area contributed by atoms with Crippen LogP contribution in [0.2, 0.25) is 0 Å². The Kier molecular flexibility index (Phi) is 3.85. The largest absolute Gasteiger partial charge is 0.398 e. The molecule has 2 rings (SSSR count). The second kappa shape index (κ2) is 5.57. The molecule has 3 N–H and O–H groups in total. The molecule has 0 aliphatic rings. The Morgan fingerprint density at radius 3 is 2.47 bits per heavy atom. The van der Waals surface area contributed by atoms with Gasteiger partial charge in [-0.2, -0.15) is 0 Å². The minimum atomic E-state index is -0.108. The van der Waals surface area contributed by atoms with Crippen molar-refractivity contribution in [3.05, 3.63) is 65.2 Å². The van der Waals surface area contributed by atoms with Crippen molar-refractivity contribution in [3.8, 4) is 0 Å². The van der Waals surface area contributed by atoms with Crippen LogP contribution >= 0.6 is 0 Å². The van der Waals surface area contributed by atoms with Crippen LogP contribution < -0.4 is 11.1 Å². The van der Waals surface area contributed by atoms with Crippen molar-refractivity contribution >= 4 is 11.6 Å². The van der Waals surface area contributed by atoms with Gasteiger partial charge in [0.05, 0.1) is 6.04 Å². The lowest BCUT2D eigenvalue weighted by molar-refractivity contribution is 0.0940. The van der Waals surface area contributed by atoms with E-state index in [1.807, 2.05) is 50.2 Å². The Hall–Kier alpha value is -2.29. The van der Waals surface area contributed by atoms with E-state index in [4.69, 9.17) is 5.73 Å². The van der Waals surface area contributed by atoms with Crippen LogP contribution in [0.1, 0.15) is 34.5 Å². The van der Waals surface area contributed by atoms with E-state index < -0.39 is 0 Å². The second-order valence-corrected chi connectivity index (χ2v) is 4.68. The Labute approximate surface area is 113 Å². The van der Waals surface area contributed by atoms with E-state index in [0.29, 0.717) is 11.3 Å². The summed E-state index contributed by atoms with van der Waals surface area (Å²) < 4.78 is 0. The summed E-state index contributed by atoms with van der Waals surface area (Å²) in [7, 11) is 0. The van der Waals surface area contributed by atoms with Gasteiger partial charge in [0.15, 0.2) is 0 Å². The molecule has 98 valence electrons. The summed E-state index contributed by atoms with van der Waals surface area (Å²) in [6, 6.07) is 15.2. The summed E-state index contributed by atoms with van der Waals surface area (Å²) in [5.41, 5.74) is 9.11. The van der Waals surface area contributed by atoms with Crippen molar-refractivity contribution < 1.29 is 4.79 Å². The lowest BCUT2D eigenvalue weighted by Crippen LogP contribution is -2.26. The van der Waals surface area contributed by atoms with Crippen LogP contribution in [0.3, 0.4) is 0 Å². The van der Waals surface area contributed by atoms with Crippen molar-refractivity contribution in [2.45, 2.75) is 19.9 Å². The quantitative estimate of drug-likeness (QED) is 0.827. The predicted molar refractivity (Wildman–Crippen MR) is 77.9 cm³/mol. The normalized spacial score (nSPS) is 11.9. The number of amides is 1. The number of nitrogens with two attached hydrogens (primary N) is 1. The molecule has 0 aliphatic carbocycles. The van der Waals surface area contributed by atoms with Crippen molar-refractivity contribution in [2.24, 2.45) is 0 Å². The smallest absolute Gasteiger partial charge is 0.251 e. The zero-order valence-electron chi connectivity index (χ0n) is 11.2. The van der Waals surface area contributed by atoms with Crippen LogP contribution in [0.25, 0.3) is 0 Å². The number of rotatable bonds is 3. The molecule has 1 amide bonds. The van der Waals surface area contributed by atoms with Gasteiger partial charge in [-0.3, -0.25) is 4.79 Å². The number of carbonyl (C=O) groups is 1. The van der Waals surface area contributed by atoms with Crippen LogP contribution in [0.5, 0.6) is 0 Å². The molecule has 0 unspecified atom stereocenters. The van der Waals surface area contributed by atoms with Crippen molar-refractivity contribution in [1.82, 2.24) is 5.32 Å². The molecule has 3 nitrogen and oxygen atoms in total. The average Bonchev–Trinajstić information content (AvgIpc) is 2.42. The van der Waals surface area contributed by atoms with Gasteiger partial charge in [0.25, 0.3) is 5.91 Å². The molecular weight excluding hydrogens is 236 g/mol. The van der Waals surface area contributed by atoms with Gasteiger partial charge < -0.3 is 11.1 Å². The highest BCUT2D eigenvalue weighted by atomic mass is 16.1. The molecular formula is C16H18N2O. The second-order valence-electron chi connectivity index (χ2n) is 4.68. The highest BCUT2D eigenvalue weighted by Crippen LogP contribution is 2.15. The van der Waals surface area contributed by atoms with Gasteiger partial charge in [-0.1, -0.05) is 36.4 Å². The fourth-order valence-electron chi connectivity index (χ4n) is 1.89. The van der Waals surface area contributed by atoms with Crippen LogP contribution in [0.15, 0.2) is 48.5 Å². The highest BCUT2D eigenvalue weighted by molar-refractivity contribution is 5.95. The number of benzene rings is 2. The molecule has 0 aromatic heterocycles. The predicted octanol–water partition coefficient (Wildman–Crippen LogP) is 3.07. The van der Waals surface area contributed by atoms with Crippen LogP contribution in [-0.2, 0) is 0 Å². The van der Waals surface area contributed by atoms with Gasteiger partial charge in [0.1, 0.15) is 0 Å². The minimum absolute atomic E-state index is 0.0313. The third-order valence-corrected chi connectivity index (χ3v) is 3.19. The first-order valence-corrected chi connectivity index (χ1v) is 6.30. The number of nitrogens with one attached hydrogen (secondary N) is 1. The van der Waals surface area contributed by atoms with E-state index in [1.165, 1.54) is 0 Å². The number of aryl methyl sites for hydroxylation is 1. The molecule has 2 aromatic rings. The molecule has 0 bridgehead atoms. The standard InChI is InChI=1S/C16H18N2O/c1-11-8-9-14(10-15(11)17)16(19)18-12(2)13-6-4-3-5-7-13/h3-10,12H,17H2,1-2H3,(H,18,19)/t12-/m0/s1. The Morgan fingerprint density at radius 1 is 1.16 bits per heavy atom. The summed E-state index contributed by atoms with van der Waals surface area (Å²) in [5.74, 6) is -0.108. The van der Waals surface area contributed by atoms with E-state index in [2.05, 4.69) is 5.32 Å². The third-order valence-electron chi connectivity index (χ3n) is 3.19. The summed E-state index contributed by atoms with van der Waals surface area (Å²) in [4.78, 5) is 12.1. The monoisotopic (exact) mass is 254 g/mol. The molecule has 0 radical (unpaired) electrons. The molecule has 0 spiro atoms. The van der Waals surface area contributed by atoms with Crippen LogP contribution in [0, 0.1) is 6.92 Å². The summed E-state index contributed by atoms with van der Waals surface area (Å²) in [6.07, 6.45) is 0. The number of nitrogen functional groups attached to an aromatic ring is 1. The highest BCUT2D eigenvalue weighted by Gasteiger charge is 2.11. The van der Waals surface area contributed by atoms with Crippen molar-refractivity contribution in [2.75, 3.05) is 5.73 Å². The molecule has 0 heterocycles. The summed E-state index contributed by atoms with van der Waals surface area (Å²) in [5, 5.41) is 2.96. The van der Waals surface area contributed by atoms with Crippen LogP contribution in [0.4, 0.5) is 5.69 Å². The van der Waals surface area contributed by atoms with Gasteiger partial charge in [-0.15, -0.1) is 0 Å². The molecule has 0 saturated carbocycles. The maximum atomic E-state index is 12.1. The molecule has 19 heavy (non-hydrogen) atoms. The van der Waals surface area contributed by atoms with Gasteiger partial charge in [0, 0.05) is 11.3 Å². The van der Waals surface area contributed by atoms with Crippen molar-refractivity contribution in [3.63, 3.8) is 0 Å². The zero-order valence-corrected chi connectivity index (χ0v) is 11.2. The Balaban J connectivity index is 2.11. The van der Waals surface area contributed by atoms with E-state index >= 15 is 0 Å². The lowest BCUT2D eigenvalue weighted by atomic mass is 10.1. The van der Waals surface area contributed by atoms with E-state index in [-0.39, 0.29) is 11.9 Å². The zero-order chi connectivity index (χ0) is 13.8. The average molecular weight is 254 g/mol. The van der Waals surface area contributed by atoms with E-state index in [1.54, 1.807) is 12.1 Å². The number of anilines is 1. The molecule has 2 aromatic carbocycles. The Morgan fingerprint density at radius 2 is 1.84 bits per heavy atom. The molecule has 0 aliphatic heterocycles. The topological polar surface area (TPSA) is 55.1 Å². The Bertz CT molecular complexity index is 579. The van der Waals surface area contributed by atoms with E-state index in [9.17, 15) is 4.79 Å². The van der Waals surface area contributed by atoms with Gasteiger partial charge in [0.2, 0.25) is 0 Å².